The summed E-state index contributed by atoms with van der Waals surface area (Å²) < 4.78 is 0. The molecule has 1 aromatic rings. The summed E-state index contributed by atoms with van der Waals surface area (Å²) in [7, 11) is 0. The summed E-state index contributed by atoms with van der Waals surface area (Å²) in [6.07, 6.45) is 4.00. The molecule has 0 atom stereocenters. The third-order valence-electron chi connectivity index (χ3n) is 2.10. The van der Waals surface area contributed by atoms with Gasteiger partial charge in [0, 0.05) is 11.7 Å². The first-order chi connectivity index (χ1) is 6.05. The molecule has 13 heavy (non-hydrogen) atoms. The van der Waals surface area contributed by atoms with E-state index < -0.39 is 0 Å². The molecule has 1 rings (SSSR count). The van der Waals surface area contributed by atoms with Crippen molar-refractivity contribution in [1.29, 1.82) is 0 Å². The van der Waals surface area contributed by atoms with Crippen LogP contribution < -0.4 is 5.32 Å². The fraction of sp³-hybridized carbons (Fsp3) is 0.556. The fourth-order valence-corrected chi connectivity index (χ4v) is 0.843. The summed E-state index contributed by atoms with van der Waals surface area (Å²) in [6.45, 7) is 6.02. The average Bonchev–Trinajstić information content (AvgIpc) is 2.55. The summed E-state index contributed by atoms with van der Waals surface area (Å²) in [6, 6.07) is 0. The Morgan fingerprint density at radius 2 is 2.38 bits per heavy atom. The Balaban J connectivity index is 2.61. The molecule has 0 saturated heterocycles. The number of carbonyl (C=O) groups is 1. The minimum Gasteiger partial charge on any atom is -0.347 e. The van der Waals surface area contributed by atoms with Crippen LogP contribution in [0.2, 0.25) is 0 Å². The Labute approximate surface area is 77.7 Å². The summed E-state index contributed by atoms with van der Waals surface area (Å²) in [5, 5.41) is 9.23. The third kappa shape index (κ3) is 2.57. The van der Waals surface area contributed by atoms with Gasteiger partial charge < -0.3 is 5.32 Å². The molecule has 2 N–H and O–H groups in total. The van der Waals surface area contributed by atoms with Crippen molar-refractivity contribution in [2.24, 2.45) is 0 Å². The molecule has 0 aliphatic heterocycles. The van der Waals surface area contributed by atoms with Crippen LogP contribution in [0.1, 0.15) is 37.6 Å². The van der Waals surface area contributed by atoms with E-state index in [-0.39, 0.29) is 11.4 Å². The molecule has 0 saturated carbocycles. The first kappa shape index (κ1) is 9.77. The molecule has 4 heteroatoms. The molecule has 0 aliphatic rings. The molecule has 4 nitrogen and oxygen atoms in total. The molecule has 0 unspecified atom stereocenters. The number of nitrogens with one attached hydrogen (secondary N) is 2. The van der Waals surface area contributed by atoms with E-state index in [4.69, 9.17) is 0 Å². The van der Waals surface area contributed by atoms with Gasteiger partial charge in [0.25, 0.3) is 5.91 Å². The van der Waals surface area contributed by atoms with Gasteiger partial charge in [-0.05, 0) is 20.3 Å². The van der Waals surface area contributed by atoms with Gasteiger partial charge in [0.05, 0.1) is 11.8 Å². The molecular weight excluding hydrogens is 166 g/mol. The average molecular weight is 181 g/mol. The zero-order valence-electron chi connectivity index (χ0n) is 8.22. The lowest BCUT2D eigenvalue weighted by atomic mass is 10.0. The maximum Gasteiger partial charge on any atom is 0.254 e. The number of amides is 1. The van der Waals surface area contributed by atoms with Crippen molar-refractivity contribution in [2.75, 3.05) is 0 Å². The largest absolute Gasteiger partial charge is 0.347 e. The standard InChI is InChI=1S/C9H15N3O/c1-4-9(2,3)12-8(13)7-5-10-11-6-7/h5-6H,4H2,1-3H3,(H,10,11)(H,12,13). The van der Waals surface area contributed by atoms with Gasteiger partial charge in [-0.1, -0.05) is 6.92 Å². The molecule has 0 aromatic carbocycles. The van der Waals surface area contributed by atoms with Gasteiger partial charge in [0.2, 0.25) is 0 Å². The normalized spacial score (nSPS) is 11.3. The van der Waals surface area contributed by atoms with Crippen molar-refractivity contribution in [2.45, 2.75) is 32.7 Å². The topological polar surface area (TPSA) is 57.8 Å². The van der Waals surface area contributed by atoms with E-state index in [0.29, 0.717) is 5.56 Å². The maximum absolute atomic E-state index is 11.5. The number of hydrogen-bond donors (Lipinski definition) is 2. The molecule has 0 spiro atoms. The zero-order chi connectivity index (χ0) is 9.90. The quantitative estimate of drug-likeness (QED) is 0.739. The second-order valence-corrected chi connectivity index (χ2v) is 3.68. The first-order valence-corrected chi connectivity index (χ1v) is 4.36. The van der Waals surface area contributed by atoms with Crippen LogP contribution in [0.4, 0.5) is 0 Å². The lowest BCUT2D eigenvalue weighted by molar-refractivity contribution is 0.0911. The van der Waals surface area contributed by atoms with Crippen molar-refractivity contribution >= 4 is 5.91 Å². The van der Waals surface area contributed by atoms with E-state index in [1.807, 2.05) is 20.8 Å². The maximum atomic E-state index is 11.5. The Morgan fingerprint density at radius 1 is 1.69 bits per heavy atom. The summed E-state index contributed by atoms with van der Waals surface area (Å²) >= 11 is 0. The highest BCUT2D eigenvalue weighted by atomic mass is 16.1. The second-order valence-electron chi connectivity index (χ2n) is 3.68. The highest BCUT2D eigenvalue weighted by Gasteiger charge is 2.18. The summed E-state index contributed by atoms with van der Waals surface area (Å²) in [5.74, 6) is -0.0828. The highest BCUT2D eigenvalue weighted by Crippen LogP contribution is 2.08. The molecule has 72 valence electrons. The number of hydrogen-bond acceptors (Lipinski definition) is 2. The predicted octanol–water partition coefficient (Wildman–Crippen LogP) is 1.33. The summed E-state index contributed by atoms with van der Waals surface area (Å²) in [4.78, 5) is 11.5. The van der Waals surface area contributed by atoms with Crippen molar-refractivity contribution in [3.05, 3.63) is 18.0 Å². The third-order valence-corrected chi connectivity index (χ3v) is 2.10. The van der Waals surface area contributed by atoms with Gasteiger partial charge in [-0.15, -0.1) is 0 Å². The number of nitrogens with zero attached hydrogens (tertiary/aromatic N) is 1. The van der Waals surface area contributed by atoms with E-state index >= 15 is 0 Å². The van der Waals surface area contributed by atoms with Gasteiger partial charge in [-0.3, -0.25) is 9.89 Å². The monoisotopic (exact) mass is 181 g/mol. The number of aromatic amines is 1. The van der Waals surface area contributed by atoms with E-state index in [0.717, 1.165) is 6.42 Å². The first-order valence-electron chi connectivity index (χ1n) is 4.36. The fourth-order valence-electron chi connectivity index (χ4n) is 0.843. The Kier molecular flexibility index (Phi) is 2.70. The Bertz CT molecular complexity index is 277. The summed E-state index contributed by atoms with van der Waals surface area (Å²) in [5.41, 5.74) is 0.412. The van der Waals surface area contributed by atoms with Crippen LogP contribution in [0.5, 0.6) is 0 Å². The van der Waals surface area contributed by atoms with Crippen molar-refractivity contribution < 1.29 is 4.79 Å². The van der Waals surface area contributed by atoms with Crippen LogP contribution in [0.15, 0.2) is 12.4 Å². The number of aromatic nitrogens is 2. The molecule has 0 fully saturated rings. The number of H-pyrrole nitrogens is 1. The molecule has 1 heterocycles. The molecule has 0 radical (unpaired) electrons. The smallest absolute Gasteiger partial charge is 0.254 e. The highest BCUT2D eigenvalue weighted by molar-refractivity contribution is 5.94. The molecule has 0 aliphatic carbocycles. The molecule has 0 bridgehead atoms. The zero-order valence-corrected chi connectivity index (χ0v) is 8.22. The van der Waals surface area contributed by atoms with Crippen LogP contribution >= 0.6 is 0 Å². The molecule has 1 amide bonds. The molecular formula is C9H15N3O. The number of rotatable bonds is 3. The van der Waals surface area contributed by atoms with Crippen LogP contribution in [0.25, 0.3) is 0 Å². The van der Waals surface area contributed by atoms with E-state index in [2.05, 4.69) is 15.5 Å². The minimum absolute atomic E-state index is 0.0828. The molecule has 1 aromatic heterocycles. The van der Waals surface area contributed by atoms with Gasteiger partial charge >= 0.3 is 0 Å². The number of carbonyl (C=O) groups excluding carboxylic acids is 1. The van der Waals surface area contributed by atoms with Crippen LogP contribution in [0.3, 0.4) is 0 Å². The van der Waals surface area contributed by atoms with Gasteiger partial charge in [0.1, 0.15) is 0 Å². The van der Waals surface area contributed by atoms with E-state index in [9.17, 15) is 4.79 Å². The lowest BCUT2D eigenvalue weighted by Gasteiger charge is -2.23. The second kappa shape index (κ2) is 3.60. The Hall–Kier alpha value is -1.32. The van der Waals surface area contributed by atoms with Gasteiger partial charge in [0.15, 0.2) is 0 Å². The van der Waals surface area contributed by atoms with E-state index in [1.54, 1.807) is 6.20 Å². The Morgan fingerprint density at radius 3 is 2.85 bits per heavy atom. The van der Waals surface area contributed by atoms with Gasteiger partial charge in [-0.25, -0.2) is 0 Å². The van der Waals surface area contributed by atoms with Crippen LogP contribution in [-0.2, 0) is 0 Å². The van der Waals surface area contributed by atoms with Gasteiger partial charge in [-0.2, -0.15) is 5.10 Å². The van der Waals surface area contributed by atoms with Crippen molar-refractivity contribution in [1.82, 2.24) is 15.5 Å². The predicted molar refractivity (Wildman–Crippen MR) is 50.4 cm³/mol. The van der Waals surface area contributed by atoms with Crippen molar-refractivity contribution in [3.8, 4) is 0 Å². The van der Waals surface area contributed by atoms with Crippen LogP contribution in [-0.4, -0.2) is 21.6 Å². The lowest BCUT2D eigenvalue weighted by Crippen LogP contribution is -2.42. The minimum atomic E-state index is -0.158. The van der Waals surface area contributed by atoms with Crippen molar-refractivity contribution in [3.63, 3.8) is 0 Å². The van der Waals surface area contributed by atoms with E-state index in [1.165, 1.54) is 6.20 Å². The van der Waals surface area contributed by atoms with Crippen LogP contribution in [0, 0.1) is 0 Å². The SMILES string of the molecule is CCC(C)(C)NC(=O)c1cn[nH]c1.